The van der Waals surface area contributed by atoms with Crippen molar-refractivity contribution in [1.82, 2.24) is 24.8 Å². The maximum absolute atomic E-state index is 5.98. The molecule has 45 heavy (non-hydrogen) atoms. The van der Waals surface area contributed by atoms with E-state index < -0.39 is 0 Å². The summed E-state index contributed by atoms with van der Waals surface area (Å²) in [6, 6.07) is 9.03. The summed E-state index contributed by atoms with van der Waals surface area (Å²) in [6.07, 6.45) is 10.4. The van der Waals surface area contributed by atoms with Gasteiger partial charge in [0.1, 0.15) is 11.3 Å². The first-order valence-corrected chi connectivity index (χ1v) is 17.1. The predicted molar refractivity (Wildman–Crippen MR) is 196 cm³/mol. The molecule has 1 aliphatic heterocycles. The van der Waals surface area contributed by atoms with Gasteiger partial charge in [-0.2, -0.15) is 4.98 Å². The maximum Gasteiger partial charge on any atom is 0.231 e. The highest BCUT2D eigenvalue weighted by Gasteiger charge is 2.26. The normalized spacial score (nSPS) is 13.8. The van der Waals surface area contributed by atoms with E-state index in [1.54, 1.807) is 44.8 Å². The smallest absolute Gasteiger partial charge is 0.231 e. The van der Waals surface area contributed by atoms with Crippen LogP contribution in [0.4, 0.5) is 34.5 Å². The number of aromatic nitrogens is 4. The summed E-state index contributed by atoms with van der Waals surface area (Å²) in [5, 5.41) is 0. The van der Waals surface area contributed by atoms with Gasteiger partial charge in [0.2, 0.25) is 5.95 Å². The van der Waals surface area contributed by atoms with Crippen molar-refractivity contribution in [3.05, 3.63) is 48.4 Å². The van der Waals surface area contributed by atoms with Crippen LogP contribution in [0.2, 0.25) is 0 Å². The fourth-order valence-corrected chi connectivity index (χ4v) is 6.92. The molecule has 5 rings (SSSR count). The minimum atomic E-state index is 0.521. The van der Waals surface area contributed by atoms with E-state index in [1.807, 2.05) is 40.5 Å². The molecular weight excluding hydrogens is 701 g/mol. The molecule has 0 atom stereocenters. The molecular formula is C32H42IN9O2S. The highest BCUT2D eigenvalue weighted by molar-refractivity contribution is 14.1. The molecule has 11 nitrogen and oxygen atoms in total. The van der Waals surface area contributed by atoms with Crippen molar-refractivity contribution in [2.45, 2.75) is 32.2 Å². The Morgan fingerprint density at radius 1 is 0.956 bits per heavy atom. The van der Waals surface area contributed by atoms with Gasteiger partial charge in [0, 0.05) is 63.6 Å². The van der Waals surface area contributed by atoms with Crippen molar-refractivity contribution < 1.29 is 9.47 Å². The lowest BCUT2D eigenvalue weighted by Crippen LogP contribution is -2.42. The molecule has 0 aliphatic carbocycles. The van der Waals surface area contributed by atoms with E-state index in [1.165, 1.54) is 11.3 Å². The highest BCUT2D eigenvalue weighted by Crippen LogP contribution is 2.45. The highest BCUT2D eigenvalue weighted by atomic mass is 127. The van der Waals surface area contributed by atoms with Crippen LogP contribution in [0.25, 0.3) is 11.0 Å². The van der Waals surface area contributed by atoms with Gasteiger partial charge in [0.05, 0.1) is 65.9 Å². The summed E-state index contributed by atoms with van der Waals surface area (Å²) in [4.78, 5) is 25.8. The molecule has 0 amide bonds. The molecule has 2 aromatic heterocycles. The largest absolute Gasteiger partial charge is 0.494 e. The van der Waals surface area contributed by atoms with Gasteiger partial charge in [-0.25, -0.2) is 4.98 Å². The minimum absolute atomic E-state index is 0.521. The second kappa shape index (κ2) is 14.4. The van der Waals surface area contributed by atoms with E-state index in [-0.39, 0.29) is 0 Å². The Morgan fingerprint density at radius 2 is 1.67 bits per heavy atom. The van der Waals surface area contributed by atoms with Crippen LogP contribution in [-0.2, 0) is 6.42 Å². The van der Waals surface area contributed by atoms with Crippen molar-refractivity contribution in [2.24, 2.45) is 0 Å². The van der Waals surface area contributed by atoms with E-state index in [0.717, 1.165) is 66.2 Å². The summed E-state index contributed by atoms with van der Waals surface area (Å²) < 4.78 is 15.8. The topological polar surface area (TPSA) is 86.2 Å². The average molecular weight is 744 g/mol. The zero-order valence-corrected chi connectivity index (χ0v) is 30.3. The molecule has 4 aromatic rings. The van der Waals surface area contributed by atoms with Gasteiger partial charge in [0.25, 0.3) is 0 Å². The molecule has 0 radical (unpaired) electrons. The summed E-state index contributed by atoms with van der Waals surface area (Å²) in [5.41, 5.74) is 6.87. The summed E-state index contributed by atoms with van der Waals surface area (Å²) in [5.74, 6) is 2.47. The Kier molecular flexibility index (Phi) is 10.6. The van der Waals surface area contributed by atoms with Crippen molar-refractivity contribution in [3.8, 4) is 11.5 Å². The van der Waals surface area contributed by atoms with E-state index in [0.29, 0.717) is 23.6 Å². The van der Waals surface area contributed by atoms with E-state index in [4.69, 9.17) is 19.4 Å². The molecule has 1 aliphatic rings. The predicted octanol–water partition coefficient (Wildman–Crippen LogP) is 6.50. The molecule has 240 valence electrons. The zero-order chi connectivity index (χ0) is 32.2. The number of nitrogens with zero attached hydrogens (tertiary/aromatic N) is 9. The zero-order valence-electron chi connectivity index (χ0n) is 27.3. The fourth-order valence-electron chi connectivity index (χ4n) is 5.82. The number of rotatable bonds is 11. The van der Waals surface area contributed by atoms with Crippen LogP contribution in [0.15, 0.2) is 42.9 Å². The standard InChI is InChI=1S/C32H42IN9O2S/c1-9-21-18-26(27(43-6)19-25(21)41-16-12-22(13-17-41)38(2)3)39(4)32-36-20-28(44-7)31(37-32)42(33)24-11-10-23-29(35-15-14-34-23)30(24)40(5)45-8/h10-11,14-15,18-20,22H,9,12-13,16-17H2,1-8H3. The van der Waals surface area contributed by atoms with Crippen LogP contribution >= 0.6 is 34.8 Å². The lowest BCUT2D eigenvalue weighted by atomic mass is 10.0. The quantitative estimate of drug-likeness (QED) is 0.0956. The Morgan fingerprint density at radius 3 is 2.31 bits per heavy atom. The second-order valence-corrected chi connectivity index (χ2v) is 13.0. The number of ether oxygens (including phenoxy) is 2. The third kappa shape index (κ3) is 6.66. The van der Waals surface area contributed by atoms with Crippen molar-refractivity contribution in [3.63, 3.8) is 0 Å². The number of anilines is 6. The molecule has 2 aromatic carbocycles. The molecule has 0 saturated carbocycles. The van der Waals surface area contributed by atoms with Gasteiger partial charge in [-0.15, -0.1) is 0 Å². The average Bonchev–Trinajstić information content (AvgIpc) is 3.09. The molecule has 3 heterocycles. The fraction of sp³-hybridized carbons (Fsp3) is 0.438. The van der Waals surface area contributed by atoms with Gasteiger partial charge < -0.3 is 28.5 Å². The molecule has 13 heteroatoms. The Balaban J connectivity index is 1.53. The molecule has 1 fully saturated rings. The lowest BCUT2D eigenvalue weighted by Gasteiger charge is -2.37. The number of piperidine rings is 1. The Bertz CT molecular complexity index is 1630. The summed E-state index contributed by atoms with van der Waals surface area (Å²) in [7, 11) is 11.7. The third-order valence-electron chi connectivity index (χ3n) is 8.48. The monoisotopic (exact) mass is 743 g/mol. The summed E-state index contributed by atoms with van der Waals surface area (Å²) in [6.45, 7) is 4.26. The lowest BCUT2D eigenvalue weighted by molar-refractivity contribution is 0.249. The molecule has 1 saturated heterocycles. The van der Waals surface area contributed by atoms with Crippen molar-refractivity contribution in [2.75, 3.05) is 79.0 Å². The number of aryl methyl sites for hydroxylation is 1. The number of benzene rings is 2. The Hall–Kier alpha value is -3.30. The molecule has 0 spiro atoms. The van der Waals surface area contributed by atoms with Crippen molar-refractivity contribution >= 4 is 80.4 Å². The number of fused-ring (bicyclic) bond motifs is 1. The van der Waals surface area contributed by atoms with Crippen LogP contribution in [0.3, 0.4) is 0 Å². The molecule has 0 N–H and O–H groups in total. The number of hydrogen-bond acceptors (Lipinski definition) is 12. The van der Waals surface area contributed by atoms with Crippen LogP contribution in [0.1, 0.15) is 25.3 Å². The minimum Gasteiger partial charge on any atom is -0.494 e. The van der Waals surface area contributed by atoms with E-state index in [9.17, 15) is 0 Å². The summed E-state index contributed by atoms with van der Waals surface area (Å²) >= 11 is 3.87. The first kappa shape index (κ1) is 33.1. The van der Waals surface area contributed by atoms with Crippen LogP contribution in [0.5, 0.6) is 11.5 Å². The SMILES string of the molecule is CCc1cc(N(C)c2ncc(OC)c(N(I)c3ccc4nccnc4c3N(C)SC)n2)c(OC)cc1N1CCC(N(C)C)CC1. The van der Waals surface area contributed by atoms with E-state index in [2.05, 4.69) is 80.1 Å². The first-order valence-electron chi connectivity index (χ1n) is 15.0. The van der Waals surface area contributed by atoms with Gasteiger partial charge >= 0.3 is 0 Å². The van der Waals surface area contributed by atoms with Gasteiger partial charge in [-0.1, -0.05) is 18.9 Å². The number of hydrogen-bond donors (Lipinski definition) is 0. The maximum atomic E-state index is 5.98. The van der Waals surface area contributed by atoms with Gasteiger partial charge in [0.15, 0.2) is 11.6 Å². The van der Waals surface area contributed by atoms with Crippen LogP contribution in [-0.4, -0.2) is 92.6 Å². The van der Waals surface area contributed by atoms with Crippen LogP contribution in [0, 0.1) is 0 Å². The van der Waals surface area contributed by atoms with Gasteiger partial charge in [-0.05, 0) is 57.1 Å². The number of halogens is 1. The second-order valence-electron chi connectivity index (χ2n) is 11.1. The van der Waals surface area contributed by atoms with Crippen molar-refractivity contribution in [1.29, 1.82) is 0 Å². The third-order valence-corrected chi connectivity index (χ3v) is 10.2. The van der Waals surface area contributed by atoms with Crippen LogP contribution < -0.4 is 26.7 Å². The number of methoxy groups -OCH3 is 2. The van der Waals surface area contributed by atoms with Gasteiger partial charge in [-0.3, -0.25) is 13.1 Å². The Labute approximate surface area is 284 Å². The molecule has 0 bridgehead atoms. The molecule has 0 unspecified atom stereocenters. The first-order chi connectivity index (χ1) is 21.7. The van der Waals surface area contributed by atoms with E-state index >= 15 is 0 Å².